The van der Waals surface area contributed by atoms with Crippen molar-refractivity contribution in [3.63, 3.8) is 0 Å². The molecule has 1 saturated carbocycles. The minimum Gasteiger partial charge on any atom is -0.494 e. The highest BCUT2D eigenvalue weighted by Crippen LogP contribution is 2.30. The van der Waals surface area contributed by atoms with Gasteiger partial charge in [0.05, 0.1) is 18.9 Å². The number of nitrogens with one attached hydrogen (secondary N) is 1. The van der Waals surface area contributed by atoms with E-state index in [9.17, 15) is 14.7 Å². The van der Waals surface area contributed by atoms with Crippen LogP contribution in [-0.2, 0) is 4.74 Å². The molecule has 1 aliphatic heterocycles. The molecule has 2 heterocycles. The molecule has 2 fully saturated rings. The lowest BCUT2D eigenvalue weighted by atomic mass is 9.95. The summed E-state index contributed by atoms with van der Waals surface area (Å²) in [5, 5.41) is 10.8. The van der Waals surface area contributed by atoms with Crippen molar-refractivity contribution in [1.82, 2.24) is 14.5 Å². The van der Waals surface area contributed by atoms with E-state index in [1.165, 1.54) is 4.57 Å². The standard InChI is InChI=1S/C20H32N4O4/c1-2-16(21-9-6-10-23-11-13-28-14-12-23)17-18(25)22-20(27)24(19(17)26)15-7-4-3-5-8-15/h15,26H,2-14H2,1H3,(H,22,25,27). The van der Waals surface area contributed by atoms with Crippen LogP contribution in [0.2, 0.25) is 0 Å². The van der Waals surface area contributed by atoms with Crippen LogP contribution in [-0.4, -0.2) is 64.7 Å². The molecule has 0 bridgehead atoms. The van der Waals surface area contributed by atoms with Crippen molar-refractivity contribution >= 4 is 5.71 Å². The predicted octanol–water partition coefficient (Wildman–Crippen LogP) is 1.67. The second-order valence-electron chi connectivity index (χ2n) is 7.61. The van der Waals surface area contributed by atoms with Crippen LogP contribution in [0, 0.1) is 0 Å². The molecule has 3 rings (SSSR count). The molecule has 1 saturated heterocycles. The minimum absolute atomic E-state index is 0.0590. The predicted molar refractivity (Wildman–Crippen MR) is 109 cm³/mol. The average molecular weight is 393 g/mol. The van der Waals surface area contributed by atoms with Gasteiger partial charge in [-0.1, -0.05) is 26.2 Å². The van der Waals surface area contributed by atoms with E-state index in [0.717, 1.165) is 71.4 Å². The Labute approximate surface area is 165 Å². The highest BCUT2D eigenvalue weighted by molar-refractivity contribution is 6.01. The Bertz CT molecular complexity index is 786. The summed E-state index contributed by atoms with van der Waals surface area (Å²) in [7, 11) is 0. The number of H-pyrrole nitrogens is 1. The second kappa shape index (κ2) is 10.0. The minimum atomic E-state index is -0.552. The quantitative estimate of drug-likeness (QED) is 0.543. The molecule has 28 heavy (non-hydrogen) atoms. The number of hydrogen-bond acceptors (Lipinski definition) is 6. The molecule has 1 aromatic rings. The lowest BCUT2D eigenvalue weighted by molar-refractivity contribution is 0.0377. The molecule has 8 nitrogen and oxygen atoms in total. The average Bonchev–Trinajstić information content (AvgIpc) is 2.71. The van der Waals surface area contributed by atoms with Gasteiger partial charge in [0.1, 0.15) is 5.56 Å². The van der Waals surface area contributed by atoms with Gasteiger partial charge in [-0.05, 0) is 25.7 Å². The van der Waals surface area contributed by atoms with Crippen LogP contribution in [0.1, 0.15) is 63.5 Å². The van der Waals surface area contributed by atoms with Crippen LogP contribution in [0.25, 0.3) is 0 Å². The van der Waals surface area contributed by atoms with Gasteiger partial charge >= 0.3 is 5.69 Å². The highest BCUT2D eigenvalue weighted by atomic mass is 16.5. The van der Waals surface area contributed by atoms with Crippen molar-refractivity contribution in [3.8, 4) is 5.88 Å². The fraction of sp³-hybridized carbons (Fsp3) is 0.750. The molecule has 0 unspecified atom stereocenters. The first kappa shape index (κ1) is 20.8. The zero-order chi connectivity index (χ0) is 19.9. The zero-order valence-electron chi connectivity index (χ0n) is 16.8. The van der Waals surface area contributed by atoms with E-state index >= 15 is 0 Å². The van der Waals surface area contributed by atoms with E-state index in [-0.39, 0.29) is 17.5 Å². The number of morpholine rings is 1. The third-order valence-corrected chi connectivity index (χ3v) is 5.72. The van der Waals surface area contributed by atoms with Crippen molar-refractivity contribution in [2.45, 2.75) is 57.9 Å². The number of aliphatic imine (C=N–C) groups is 1. The number of aromatic hydroxyl groups is 1. The molecule has 2 aliphatic rings. The molecular formula is C20H32N4O4. The summed E-state index contributed by atoms with van der Waals surface area (Å²) in [6.07, 6.45) is 6.30. The lowest BCUT2D eigenvalue weighted by Crippen LogP contribution is -2.37. The van der Waals surface area contributed by atoms with Gasteiger partial charge in [-0.3, -0.25) is 24.2 Å². The van der Waals surface area contributed by atoms with E-state index < -0.39 is 11.2 Å². The first-order valence-electron chi connectivity index (χ1n) is 10.5. The van der Waals surface area contributed by atoms with Gasteiger partial charge in [-0.15, -0.1) is 0 Å². The van der Waals surface area contributed by atoms with Crippen LogP contribution in [0.3, 0.4) is 0 Å². The highest BCUT2D eigenvalue weighted by Gasteiger charge is 2.24. The number of aromatic nitrogens is 2. The van der Waals surface area contributed by atoms with Gasteiger partial charge < -0.3 is 9.84 Å². The van der Waals surface area contributed by atoms with Crippen LogP contribution in [0.4, 0.5) is 0 Å². The molecule has 156 valence electrons. The van der Waals surface area contributed by atoms with Crippen LogP contribution in [0.5, 0.6) is 5.88 Å². The van der Waals surface area contributed by atoms with Crippen molar-refractivity contribution < 1.29 is 9.84 Å². The van der Waals surface area contributed by atoms with Crippen molar-refractivity contribution in [1.29, 1.82) is 0 Å². The summed E-state index contributed by atoms with van der Waals surface area (Å²) in [6.45, 7) is 6.87. The Morgan fingerprint density at radius 3 is 2.61 bits per heavy atom. The van der Waals surface area contributed by atoms with E-state index in [1.807, 2.05) is 6.92 Å². The molecule has 1 aromatic heterocycles. The fourth-order valence-corrected chi connectivity index (χ4v) is 4.18. The van der Waals surface area contributed by atoms with Crippen molar-refractivity contribution in [3.05, 3.63) is 26.4 Å². The van der Waals surface area contributed by atoms with E-state index in [1.54, 1.807) is 0 Å². The first-order valence-corrected chi connectivity index (χ1v) is 10.5. The van der Waals surface area contributed by atoms with Gasteiger partial charge in [-0.2, -0.15) is 0 Å². The summed E-state index contributed by atoms with van der Waals surface area (Å²) in [5.41, 5.74) is -0.367. The van der Waals surface area contributed by atoms with Crippen molar-refractivity contribution in [2.75, 3.05) is 39.4 Å². The second-order valence-corrected chi connectivity index (χ2v) is 7.61. The van der Waals surface area contributed by atoms with E-state index in [2.05, 4.69) is 14.9 Å². The largest absolute Gasteiger partial charge is 0.494 e. The van der Waals surface area contributed by atoms with Gasteiger partial charge in [0.2, 0.25) is 5.88 Å². The molecular weight excluding hydrogens is 360 g/mol. The maximum absolute atomic E-state index is 12.4. The van der Waals surface area contributed by atoms with Crippen LogP contribution < -0.4 is 11.2 Å². The van der Waals surface area contributed by atoms with Gasteiger partial charge in [0.25, 0.3) is 5.56 Å². The zero-order valence-corrected chi connectivity index (χ0v) is 16.8. The maximum Gasteiger partial charge on any atom is 0.331 e. The maximum atomic E-state index is 12.4. The smallest absolute Gasteiger partial charge is 0.331 e. The van der Waals surface area contributed by atoms with Gasteiger partial charge in [0.15, 0.2) is 0 Å². The van der Waals surface area contributed by atoms with Gasteiger partial charge in [-0.25, -0.2) is 4.79 Å². The summed E-state index contributed by atoms with van der Waals surface area (Å²) < 4.78 is 6.72. The number of aromatic amines is 1. The SMILES string of the molecule is CCC(=NCCCN1CCOCC1)c1c(O)n(C2CCCCC2)c(=O)[nH]c1=O. The molecule has 8 heteroatoms. The number of ether oxygens (including phenoxy) is 1. The fourth-order valence-electron chi connectivity index (χ4n) is 4.18. The van der Waals surface area contributed by atoms with E-state index in [0.29, 0.717) is 18.7 Å². The number of hydrogen-bond donors (Lipinski definition) is 2. The van der Waals surface area contributed by atoms with E-state index in [4.69, 9.17) is 4.74 Å². The Morgan fingerprint density at radius 2 is 1.93 bits per heavy atom. The molecule has 0 radical (unpaired) electrons. The third-order valence-electron chi connectivity index (χ3n) is 5.72. The first-order chi connectivity index (χ1) is 13.6. The number of rotatable bonds is 7. The van der Waals surface area contributed by atoms with Gasteiger partial charge in [0, 0.05) is 32.2 Å². The van der Waals surface area contributed by atoms with Crippen LogP contribution in [0.15, 0.2) is 14.6 Å². The molecule has 2 N–H and O–H groups in total. The number of nitrogens with zero attached hydrogens (tertiary/aromatic N) is 3. The Hall–Kier alpha value is -1.93. The monoisotopic (exact) mass is 392 g/mol. The Kier molecular flexibility index (Phi) is 7.44. The van der Waals surface area contributed by atoms with Crippen LogP contribution >= 0.6 is 0 Å². The summed E-state index contributed by atoms with van der Waals surface area (Å²) in [5.74, 6) is -0.227. The summed E-state index contributed by atoms with van der Waals surface area (Å²) >= 11 is 0. The Balaban J connectivity index is 1.77. The summed E-state index contributed by atoms with van der Waals surface area (Å²) in [4.78, 5) is 34.1. The van der Waals surface area contributed by atoms with Crippen molar-refractivity contribution in [2.24, 2.45) is 4.99 Å². The molecule has 0 amide bonds. The topological polar surface area (TPSA) is 99.9 Å². The Morgan fingerprint density at radius 1 is 1.21 bits per heavy atom. The lowest BCUT2D eigenvalue weighted by Gasteiger charge is -2.26. The normalized spacial score (nSPS) is 19.8. The summed E-state index contributed by atoms with van der Waals surface area (Å²) in [6, 6.07) is -0.0590. The third kappa shape index (κ3) is 4.91. The molecule has 0 spiro atoms. The molecule has 0 atom stereocenters. The molecule has 1 aliphatic carbocycles. The molecule has 0 aromatic carbocycles.